The van der Waals surface area contributed by atoms with Gasteiger partial charge in [-0.3, -0.25) is 0 Å². The fourth-order valence-electron chi connectivity index (χ4n) is 1.33. The highest BCUT2D eigenvalue weighted by atomic mass is 16.5. The van der Waals surface area contributed by atoms with E-state index in [0.29, 0.717) is 11.1 Å². The quantitative estimate of drug-likeness (QED) is 0.684. The van der Waals surface area contributed by atoms with Crippen LogP contribution >= 0.6 is 0 Å². The van der Waals surface area contributed by atoms with Gasteiger partial charge < -0.3 is 9.72 Å². The van der Waals surface area contributed by atoms with Crippen molar-refractivity contribution in [3.63, 3.8) is 0 Å². The number of nitrogens with one attached hydrogen (secondary N) is 1. The molecule has 0 aliphatic carbocycles. The molecule has 0 atom stereocenters. The van der Waals surface area contributed by atoms with Crippen LogP contribution in [-0.2, 0) is 4.74 Å². The molecule has 14 heavy (non-hydrogen) atoms. The molecule has 0 aliphatic heterocycles. The molecule has 0 amide bonds. The molecule has 2 aromatic rings. The van der Waals surface area contributed by atoms with E-state index in [-0.39, 0.29) is 0 Å². The summed E-state index contributed by atoms with van der Waals surface area (Å²) in [5, 5.41) is 0. The van der Waals surface area contributed by atoms with E-state index in [1.807, 2.05) is 6.92 Å². The van der Waals surface area contributed by atoms with Gasteiger partial charge in [0.05, 0.1) is 18.3 Å². The molecule has 5 nitrogen and oxygen atoms in total. The Bertz CT molecular complexity index is 490. The molecule has 2 rings (SSSR count). The molecule has 0 aromatic carbocycles. The van der Waals surface area contributed by atoms with Crippen LogP contribution in [0.4, 0.5) is 0 Å². The standard InChI is InChI=1S/C9H9N3O2/c1-5-7-8(12-4-11-5)6(3-10-7)9(13)14-2/h3-4,10H,1-2H3. The normalized spacial score (nSPS) is 10.4. The van der Waals surface area contributed by atoms with Gasteiger partial charge in [-0.25, -0.2) is 14.8 Å². The number of aryl methyl sites for hydroxylation is 1. The predicted molar refractivity (Wildman–Crippen MR) is 50.0 cm³/mol. The number of H-pyrrole nitrogens is 1. The van der Waals surface area contributed by atoms with Crippen LogP contribution in [0.2, 0.25) is 0 Å². The highest BCUT2D eigenvalue weighted by Crippen LogP contribution is 2.17. The Labute approximate surface area is 80.1 Å². The number of esters is 1. The van der Waals surface area contributed by atoms with Crippen LogP contribution in [0, 0.1) is 6.92 Å². The van der Waals surface area contributed by atoms with E-state index in [0.717, 1.165) is 11.2 Å². The summed E-state index contributed by atoms with van der Waals surface area (Å²) in [5.41, 5.74) is 2.62. The van der Waals surface area contributed by atoms with E-state index in [9.17, 15) is 4.79 Å². The maximum atomic E-state index is 11.3. The molecule has 0 saturated heterocycles. The van der Waals surface area contributed by atoms with Crippen LogP contribution in [0.1, 0.15) is 16.1 Å². The van der Waals surface area contributed by atoms with Crippen molar-refractivity contribution in [2.24, 2.45) is 0 Å². The topological polar surface area (TPSA) is 67.9 Å². The van der Waals surface area contributed by atoms with Crippen molar-refractivity contribution in [3.8, 4) is 0 Å². The summed E-state index contributed by atoms with van der Waals surface area (Å²) in [5.74, 6) is -0.394. The molecule has 2 aromatic heterocycles. The second-order valence-corrected chi connectivity index (χ2v) is 2.88. The maximum Gasteiger partial charge on any atom is 0.341 e. The molecule has 72 valence electrons. The summed E-state index contributed by atoms with van der Waals surface area (Å²) >= 11 is 0. The van der Waals surface area contributed by atoms with Crippen molar-refractivity contribution >= 4 is 17.0 Å². The van der Waals surface area contributed by atoms with Gasteiger partial charge >= 0.3 is 5.97 Å². The second-order valence-electron chi connectivity index (χ2n) is 2.88. The number of rotatable bonds is 1. The van der Waals surface area contributed by atoms with Crippen LogP contribution in [0.5, 0.6) is 0 Å². The maximum absolute atomic E-state index is 11.3. The van der Waals surface area contributed by atoms with E-state index in [1.165, 1.54) is 13.4 Å². The fraction of sp³-hybridized carbons (Fsp3) is 0.222. The summed E-state index contributed by atoms with van der Waals surface area (Å²) in [7, 11) is 1.34. The Balaban J connectivity index is 2.70. The number of nitrogens with zero attached hydrogens (tertiary/aromatic N) is 2. The van der Waals surface area contributed by atoms with Gasteiger partial charge in [0, 0.05) is 6.20 Å². The lowest BCUT2D eigenvalue weighted by molar-refractivity contribution is 0.0603. The van der Waals surface area contributed by atoms with Crippen molar-refractivity contribution in [2.75, 3.05) is 7.11 Å². The van der Waals surface area contributed by atoms with Gasteiger partial charge in [-0.1, -0.05) is 0 Å². The van der Waals surface area contributed by atoms with Crippen molar-refractivity contribution in [2.45, 2.75) is 6.92 Å². The van der Waals surface area contributed by atoms with Crippen LogP contribution < -0.4 is 0 Å². The molecule has 5 heteroatoms. The number of ether oxygens (including phenoxy) is 1. The SMILES string of the molecule is COC(=O)c1c[nH]c2c(C)ncnc12. The summed E-state index contributed by atoms with van der Waals surface area (Å²) in [6.45, 7) is 1.85. The number of aromatic amines is 1. The average Bonchev–Trinajstić information content (AvgIpc) is 2.62. The second kappa shape index (κ2) is 3.10. The van der Waals surface area contributed by atoms with Crippen molar-refractivity contribution in [1.29, 1.82) is 0 Å². The van der Waals surface area contributed by atoms with Gasteiger partial charge in [0.2, 0.25) is 0 Å². The van der Waals surface area contributed by atoms with Crippen LogP contribution in [0.15, 0.2) is 12.5 Å². The first-order valence-electron chi connectivity index (χ1n) is 4.11. The largest absolute Gasteiger partial charge is 0.465 e. The minimum atomic E-state index is -0.394. The summed E-state index contributed by atoms with van der Waals surface area (Å²) in [6.07, 6.45) is 3.01. The fourth-order valence-corrected chi connectivity index (χ4v) is 1.33. The smallest absolute Gasteiger partial charge is 0.341 e. The summed E-state index contributed by atoms with van der Waals surface area (Å²) in [6, 6.07) is 0. The van der Waals surface area contributed by atoms with Crippen molar-refractivity contribution < 1.29 is 9.53 Å². The minimum Gasteiger partial charge on any atom is -0.465 e. The number of aromatic nitrogens is 3. The van der Waals surface area contributed by atoms with Crippen LogP contribution in [-0.4, -0.2) is 28.0 Å². The Hall–Kier alpha value is -1.91. The monoisotopic (exact) mass is 191 g/mol. The zero-order valence-electron chi connectivity index (χ0n) is 7.87. The molecular formula is C9H9N3O2. The van der Waals surface area contributed by atoms with E-state index >= 15 is 0 Å². The molecule has 0 spiro atoms. The first-order chi connectivity index (χ1) is 6.74. The van der Waals surface area contributed by atoms with Gasteiger partial charge in [-0.05, 0) is 6.92 Å². The van der Waals surface area contributed by atoms with Crippen molar-refractivity contribution in [1.82, 2.24) is 15.0 Å². The summed E-state index contributed by atoms with van der Waals surface area (Å²) < 4.78 is 4.62. The molecule has 0 unspecified atom stereocenters. The number of methoxy groups -OCH3 is 1. The number of carbonyl (C=O) groups excluding carboxylic acids is 1. The number of carbonyl (C=O) groups is 1. The zero-order chi connectivity index (χ0) is 10.1. The lowest BCUT2D eigenvalue weighted by Crippen LogP contribution is -2.00. The van der Waals surface area contributed by atoms with Crippen LogP contribution in [0.25, 0.3) is 11.0 Å². The molecule has 1 N–H and O–H groups in total. The number of hydrogen-bond acceptors (Lipinski definition) is 4. The van der Waals surface area contributed by atoms with Crippen LogP contribution in [0.3, 0.4) is 0 Å². The minimum absolute atomic E-state index is 0.394. The third-order valence-electron chi connectivity index (χ3n) is 2.06. The number of hydrogen-bond donors (Lipinski definition) is 1. The van der Waals surface area contributed by atoms with Gasteiger partial charge in [0.15, 0.2) is 0 Å². The zero-order valence-corrected chi connectivity index (χ0v) is 7.87. The summed E-state index contributed by atoms with van der Waals surface area (Å²) in [4.78, 5) is 22.3. The average molecular weight is 191 g/mol. The molecule has 0 bridgehead atoms. The first kappa shape index (κ1) is 8.68. The van der Waals surface area contributed by atoms with Gasteiger partial charge in [-0.2, -0.15) is 0 Å². The Morgan fingerprint density at radius 3 is 3.00 bits per heavy atom. The first-order valence-corrected chi connectivity index (χ1v) is 4.11. The van der Waals surface area contributed by atoms with Gasteiger partial charge in [-0.15, -0.1) is 0 Å². The van der Waals surface area contributed by atoms with E-state index in [2.05, 4.69) is 19.7 Å². The lowest BCUT2D eigenvalue weighted by Gasteiger charge is -1.96. The Morgan fingerprint density at radius 1 is 1.50 bits per heavy atom. The molecular weight excluding hydrogens is 182 g/mol. The van der Waals surface area contributed by atoms with Gasteiger partial charge in [0.25, 0.3) is 0 Å². The van der Waals surface area contributed by atoms with Crippen molar-refractivity contribution in [3.05, 3.63) is 23.8 Å². The van der Waals surface area contributed by atoms with E-state index in [4.69, 9.17) is 0 Å². The molecule has 0 fully saturated rings. The molecule has 0 saturated carbocycles. The Kier molecular flexibility index (Phi) is 1.92. The molecule has 0 radical (unpaired) electrons. The highest BCUT2D eigenvalue weighted by molar-refractivity contribution is 6.02. The van der Waals surface area contributed by atoms with E-state index < -0.39 is 5.97 Å². The van der Waals surface area contributed by atoms with E-state index in [1.54, 1.807) is 6.20 Å². The third kappa shape index (κ3) is 1.14. The van der Waals surface area contributed by atoms with Gasteiger partial charge in [0.1, 0.15) is 17.4 Å². The number of fused-ring (bicyclic) bond motifs is 1. The Morgan fingerprint density at radius 2 is 2.29 bits per heavy atom. The molecule has 2 heterocycles. The predicted octanol–water partition coefficient (Wildman–Crippen LogP) is 1.05. The lowest BCUT2D eigenvalue weighted by atomic mass is 10.2. The third-order valence-corrected chi connectivity index (χ3v) is 2.06. The molecule has 0 aliphatic rings. The highest BCUT2D eigenvalue weighted by Gasteiger charge is 2.14.